The molecule has 1 amide bonds. The van der Waals surface area contributed by atoms with Gasteiger partial charge in [0.25, 0.3) is 0 Å². The molecule has 0 fully saturated rings. The fourth-order valence-corrected chi connectivity index (χ4v) is 1.44. The molecule has 0 spiro atoms. The third-order valence-corrected chi connectivity index (χ3v) is 2.24. The first-order valence-corrected chi connectivity index (χ1v) is 4.62. The zero-order valence-corrected chi connectivity index (χ0v) is 8.84. The molecule has 0 radical (unpaired) electrons. The van der Waals surface area contributed by atoms with Gasteiger partial charge in [0.05, 0.1) is 13.2 Å². The van der Waals surface area contributed by atoms with Gasteiger partial charge in [-0.25, -0.2) is 4.79 Å². The highest BCUT2D eigenvalue weighted by atomic mass is 35.5. The number of halogens is 1. The van der Waals surface area contributed by atoms with Crippen LogP contribution < -0.4 is 5.32 Å². The van der Waals surface area contributed by atoms with Gasteiger partial charge in [0, 0.05) is 5.02 Å². The van der Waals surface area contributed by atoms with Crippen molar-refractivity contribution in [3.05, 3.63) is 34.9 Å². The molecule has 1 unspecified atom stereocenters. The summed E-state index contributed by atoms with van der Waals surface area (Å²) in [7, 11) is 1.33. The van der Waals surface area contributed by atoms with Gasteiger partial charge in [-0.05, 0) is 18.6 Å². The van der Waals surface area contributed by atoms with Crippen LogP contribution in [0.4, 0.5) is 4.79 Å². The summed E-state index contributed by atoms with van der Waals surface area (Å²) in [4.78, 5) is 10.9. The van der Waals surface area contributed by atoms with Crippen molar-refractivity contribution in [3.8, 4) is 0 Å². The zero-order valence-electron chi connectivity index (χ0n) is 8.08. The molecule has 1 aromatic carbocycles. The molecule has 4 heteroatoms. The van der Waals surface area contributed by atoms with Crippen LogP contribution in [0, 0.1) is 0 Å². The average Bonchev–Trinajstić information content (AvgIpc) is 2.18. The molecule has 1 aromatic rings. The number of hydrogen-bond donors (Lipinski definition) is 1. The summed E-state index contributed by atoms with van der Waals surface area (Å²) in [5, 5.41) is 3.28. The van der Waals surface area contributed by atoms with Gasteiger partial charge < -0.3 is 10.1 Å². The van der Waals surface area contributed by atoms with E-state index in [2.05, 4.69) is 10.1 Å². The lowest BCUT2D eigenvalue weighted by atomic mass is 10.1. The summed E-state index contributed by atoms with van der Waals surface area (Å²) in [5.41, 5.74) is 0.875. The Balaban J connectivity index is 2.74. The number of ether oxygens (including phenoxy) is 1. The molecule has 76 valence electrons. The Bertz CT molecular complexity index is 328. The molecule has 0 aliphatic heterocycles. The maximum absolute atomic E-state index is 10.9. The Morgan fingerprint density at radius 2 is 2.14 bits per heavy atom. The van der Waals surface area contributed by atoms with Crippen molar-refractivity contribution in [1.29, 1.82) is 0 Å². The van der Waals surface area contributed by atoms with Crippen molar-refractivity contribution < 1.29 is 9.53 Å². The van der Waals surface area contributed by atoms with Gasteiger partial charge in [0.15, 0.2) is 0 Å². The molecule has 0 saturated carbocycles. The van der Waals surface area contributed by atoms with Gasteiger partial charge in [-0.1, -0.05) is 29.8 Å². The average molecular weight is 214 g/mol. The molecule has 0 aliphatic carbocycles. The monoisotopic (exact) mass is 213 g/mol. The number of rotatable bonds is 2. The molecule has 0 saturated heterocycles. The largest absolute Gasteiger partial charge is 0.453 e. The first-order valence-electron chi connectivity index (χ1n) is 4.24. The highest BCUT2D eigenvalue weighted by molar-refractivity contribution is 6.31. The minimum atomic E-state index is -0.461. The summed E-state index contributed by atoms with van der Waals surface area (Å²) < 4.78 is 4.49. The van der Waals surface area contributed by atoms with Crippen LogP contribution in [0.5, 0.6) is 0 Å². The molecule has 0 heterocycles. The van der Waals surface area contributed by atoms with Crippen molar-refractivity contribution in [2.45, 2.75) is 13.0 Å². The number of nitrogens with one attached hydrogen (secondary N) is 1. The molecular formula is C10H12ClNO2. The van der Waals surface area contributed by atoms with Gasteiger partial charge in [-0.2, -0.15) is 0 Å². The highest BCUT2D eigenvalue weighted by Crippen LogP contribution is 2.21. The molecular weight excluding hydrogens is 202 g/mol. The number of amides is 1. The van der Waals surface area contributed by atoms with Crippen LogP contribution in [0.1, 0.15) is 18.5 Å². The first-order chi connectivity index (χ1) is 6.65. The van der Waals surface area contributed by atoms with Crippen molar-refractivity contribution in [1.82, 2.24) is 5.32 Å². The van der Waals surface area contributed by atoms with Crippen LogP contribution >= 0.6 is 11.6 Å². The standard InChI is InChI=1S/C10H12ClNO2/c1-7(12-10(13)14-2)8-5-3-4-6-9(8)11/h3-7H,1-2H3,(H,12,13). The van der Waals surface area contributed by atoms with E-state index in [1.54, 1.807) is 6.07 Å². The molecule has 1 rings (SSSR count). The summed E-state index contributed by atoms with van der Waals surface area (Å²) >= 11 is 5.95. The summed E-state index contributed by atoms with van der Waals surface area (Å²) in [6, 6.07) is 7.21. The summed E-state index contributed by atoms with van der Waals surface area (Å²) in [6.07, 6.45) is -0.461. The number of carbonyl (C=O) groups excluding carboxylic acids is 1. The van der Waals surface area contributed by atoms with E-state index in [1.807, 2.05) is 25.1 Å². The van der Waals surface area contributed by atoms with Crippen LogP contribution in [0.2, 0.25) is 5.02 Å². The maximum Gasteiger partial charge on any atom is 0.407 e. The van der Waals surface area contributed by atoms with Crippen LogP contribution in [0.3, 0.4) is 0 Å². The Labute approximate surface area is 88.0 Å². The first kappa shape index (κ1) is 10.9. The minimum absolute atomic E-state index is 0.156. The third-order valence-electron chi connectivity index (χ3n) is 1.89. The Kier molecular flexibility index (Phi) is 3.77. The predicted octanol–water partition coefficient (Wildman–Crippen LogP) is 2.76. The Hall–Kier alpha value is -1.22. The van der Waals surface area contributed by atoms with E-state index in [4.69, 9.17) is 11.6 Å². The molecule has 14 heavy (non-hydrogen) atoms. The van der Waals surface area contributed by atoms with Crippen LogP contribution in [0.15, 0.2) is 24.3 Å². The molecule has 0 bridgehead atoms. The lowest BCUT2D eigenvalue weighted by Crippen LogP contribution is -2.26. The number of methoxy groups -OCH3 is 1. The van der Waals surface area contributed by atoms with Gasteiger partial charge >= 0.3 is 6.09 Å². The summed E-state index contributed by atoms with van der Waals surface area (Å²) in [5.74, 6) is 0. The fourth-order valence-electron chi connectivity index (χ4n) is 1.14. The van der Waals surface area contributed by atoms with E-state index < -0.39 is 6.09 Å². The minimum Gasteiger partial charge on any atom is -0.453 e. The predicted molar refractivity (Wildman–Crippen MR) is 55.4 cm³/mol. The van der Waals surface area contributed by atoms with Crippen molar-refractivity contribution in [2.24, 2.45) is 0 Å². The van der Waals surface area contributed by atoms with Gasteiger partial charge in [0.1, 0.15) is 0 Å². The SMILES string of the molecule is COC(=O)NC(C)c1ccccc1Cl. The Morgan fingerprint density at radius 3 is 2.71 bits per heavy atom. The van der Waals surface area contributed by atoms with E-state index >= 15 is 0 Å². The number of alkyl carbamates (subject to hydrolysis) is 1. The molecule has 0 aliphatic rings. The molecule has 1 N–H and O–H groups in total. The Morgan fingerprint density at radius 1 is 1.50 bits per heavy atom. The van der Waals surface area contributed by atoms with Crippen molar-refractivity contribution in [2.75, 3.05) is 7.11 Å². The lowest BCUT2D eigenvalue weighted by Gasteiger charge is -2.14. The quantitative estimate of drug-likeness (QED) is 0.821. The van der Waals surface area contributed by atoms with Crippen molar-refractivity contribution >= 4 is 17.7 Å². The zero-order chi connectivity index (χ0) is 10.6. The molecule has 3 nitrogen and oxygen atoms in total. The van der Waals surface area contributed by atoms with Gasteiger partial charge in [-0.3, -0.25) is 0 Å². The normalized spacial score (nSPS) is 11.9. The van der Waals surface area contributed by atoms with E-state index in [1.165, 1.54) is 7.11 Å². The van der Waals surface area contributed by atoms with E-state index in [9.17, 15) is 4.79 Å². The fraction of sp³-hybridized carbons (Fsp3) is 0.300. The van der Waals surface area contributed by atoms with Crippen LogP contribution in [-0.2, 0) is 4.74 Å². The molecule has 0 aromatic heterocycles. The second kappa shape index (κ2) is 4.86. The summed E-state index contributed by atoms with van der Waals surface area (Å²) in [6.45, 7) is 1.85. The number of benzene rings is 1. The van der Waals surface area contributed by atoms with E-state index in [0.717, 1.165) is 5.56 Å². The van der Waals surface area contributed by atoms with E-state index in [-0.39, 0.29) is 6.04 Å². The topological polar surface area (TPSA) is 38.3 Å². The van der Waals surface area contributed by atoms with Crippen molar-refractivity contribution in [3.63, 3.8) is 0 Å². The van der Waals surface area contributed by atoms with Crippen LogP contribution in [-0.4, -0.2) is 13.2 Å². The lowest BCUT2D eigenvalue weighted by molar-refractivity contribution is 0.167. The number of hydrogen-bond acceptors (Lipinski definition) is 2. The highest BCUT2D eigenvalue weighted by Gasteiger charge is 2.11. The second-order valence-electron chi connectivity index (χ2n) is 2.88. The van der Waals surface area contributed by atoms with Gasteiger partial charge in [0.2, 0.25) is 0 Å². The molecule has 1 atom stereocenters. The van der Waals surface area contributed by atoms with Gasteiger partial charge in [-0.15, -0.1) is 0 Å². The maximum atomic E-state index is 10.9. The number of carbonyl (C=O) groups is 1. The van der Waals surface area contributed by atoms with E-state index in [0.29, 0.717) is 5.02 Å². The smallest absolute Gasteiger partial charge is 0.407 e. The second-order valence-corrected chi connectivity index (χ2v) is 3.29. The third kappa shape index (κ3) is 2.64. The van der Waals surface area contributed by atoms with Crippen LogP contribution in [0.25, 0.3) is 0 Å².